The van der Waals surface area contributed by atoms with Gasteiger partial charge >= 0.3 is 0 Å². The first kappa shape index (κ1) is 11.3. The molecule has 0 amide bonds. The molecule has 2 aromatic heterocycles. The minimum atomic E-state index is -0.0375. The average Bonchev–Trinajstić information content (AvgIpc) is 2.76. The minimum Gasteiger partial charge on any atom is -0.481 e. The van der Waals surface area contributed by atoms with E-state index in [0.717, 1.165) is 5.56 Å². The molecule has 0 atom stereocenters. The lowest BCUT2D eigenvalue weighted by molar-refractivity contribution is 0.0984. The molecule has 0 aromatic carbocycles. The Balaban J connectivity index is 2.10. The number of hydrogen-bond acceptors (Lipinski definition) is 5. The van der Waals surface area contributed by atoms with Crippen LogP contribution >= 0.6 is 0 Å². The van der Waals surface area contributed by atoms with Crippen molar-refractivity contribution in [3.05, 3.63) is 35.8 Å². The summed E-state index contributed by atoms with van der Waals surface area (Å²) in [4.78, 5) is 15.9. The number of aryl methyl sites for hydroxylation is 1. The van der Waals surface area contributed by atoms with E-state index in [9.17, 15) is 4.79 Å². The summed E-state index contributed by atoms with van der Waals surface area (Å²) in [6.07, 6.45) is 3.36. The van der Waals surface area contributed by atoms with E-state index in [1.54, 1.807) is 26.4 Å². The molecule has 0 aliphatic heterocycles. The van der Waals surface area contributed by atoms with Crippen molar-refractivity contribution in [2.24, 2.45) is 7.05 Å². The Morgan fingerprint density at radius 2 is 2.24 bits per heavy atom. The second kappa shape index (κ2) is 4.73. The molecule has 88 valence electrons. The van der Waals surface area contributed by atoms with Crippen LogP contribution in [0.2, 0.25) is 0 Å². The van der Waals surface area contributed by atoms with Gasteiger partial charge in [0.05, 0.1) is 13.3 Å². The third-order valence-electron chi connectivity index (χ3n) is 2.37. The van der Waals surface area contributed by atoms with Gasteiger partial charge in [-0.15, -0.1) is 5.10 Å². The average molecular weight is 232 g/mol. The van der Waals surface area contributed by atoms with Gasteiger partial charge in [0.25, 0.3) is 0 Å². The maximum Gasteiger partial charge on any atom is 0.212 e. The predicted octanol–water partition coefficient (Wildman–Crippen LogP) is 0.644. The van der Waals surface area contributed by atoms with Gasteiger partial charge in [-0.3, -0.25) is 4.79 Å². The zero-order valence-electron chi connectivity index (χ0n) is 9.62. The molecule has 17 heavy (non-hydrogen) atoms. The second-order valence-corrected chi connectivity index (χ2v) is 3.55. The molecule has 0 fully saturated rings. The van der Waals surface area contributed by atoms with E-state index in [-0.39, 0.29) is 12.2 Å². The van der Waals surface area contributed by atoms with E-state index in [1.807, 2.05) is 6.07 Å². The third kappa shape index (κ3) is 2.47. The molecule has 0 radical (unpaired) electrons. The topological polar surface area (TPSA) is 69.9 Å². The standard InChI is InChI=1S/C11H12N4O2/c1-15-9(7-13-14-15)10(16)5-8-3-4-11(17-2)12-6-8/h3-4,6-7H,5H2,1-2H3. The van der Waals surface area contributed by atoms with Crippen molar-refractivity contribution in [1.82, 2.24) is 20.0 Å². The molecule has 0 saturated heterocycles. The van der Waals surface area contributed by atoms with Crippen molar-refractivity contribution in [1.29, 1.82) is 0 Å². The van der Waals surface area contributed by atoms with Crippen LogP contribution in [-0.2, 0) is 13.5 Å². The van der Waals surface area contributed by atoms with Crippen molar-refractivity contribution in [3.63, 3.8) is 0 Å². The van der Waals surface area contributed by atoms with Gasteiger partial charge in [-0.2, -0.15) is 0 Å². The molecule has 0 spiro atoms. The van der Waals surface area contributed by atoms with Gasteiger partial charge in [0.1, 0.15) is 5.69 Å². The number of pyridine rings is 1. The van der Waals surface area contributed by atoms with E-state index in [0.29, 0.717) is 11.6 Å². The van der Waals surface area contributed by atoms with Crippen molar-refractivity contribution in [3.8, 4) is 5.88 Å². The lowest BCUT2D eigenvalue weighted by atomic mass is 10.1. The number of carbonyl (C=O) groups excluding carboxylic acids is 1. The van der Waals surface area contributed by atoms with Gasteiger partial charge in [0.15, 0.2) is 5.78 Å². The number of rotatable bonds is 4. The SMILES string of the molecule is COc1ccc(CC(=O)c2cnnn2C)cn1. The number of carbonyl (C=O) groups is 1. The fourth-order valence-electron chi connectivity index (χ4n) is 1.45. The highest BCUT2D eigenvalue weighted by molar-refractivity contribution is 5.95. The molecular weight excluding hydrogens is 220 g/mol. The summed E-state index contributed by atoms with van der Waals surface area (Å²) in [5.41, 5.74) is 1.32. The first-order valence-electron chi connectivity index (χ1n) is 5.07. The van der Waals surface area contributed by atoms with Crippen LogP contribution in [0.25, 0.3) is 0 Å². The number of aromatic nitrogens is 4. The number of ketones is 1. The van der Waals surface area contributed by atoms with Crippen LogP contribution in [0.5, 0.6) is 5.88 Å². The summed E-state index contributed by atoms with van der Waals surface area (Å²) >= 11 is 0. The highest BCUT2D eigenvalue weighted by atomic mass is 16.5. The van der Waals surface area contributed by atoms with E-state index in [2.05, 4.69) is 15.3 Å². The molecular formula is C11H12N4O2. The van der Waals surface area contributed by atoms with Gasteiger partial charge < -0.3 is 4.74 Å². The van der Waals surface area contributed by atoms with Crippen molar-refractivity contribution >= 4 is 5.78 Å². The quantitative estimate of drug-likeness (QED) is 0.724. The summed E-state index contributed by atoms with van der Waals surface area (Å²) in [5.74, 6) is 0.493. The van der Waals surface area contributed by atoms with Gasteiger partial charge in [-0.25, -0.2) is 9.67 Å². The van der Waals surface area contributed by atoms with Crippen LogP contribution in [0.15, 0.2) is 24.5 Å². The summed E-state index contributed by atoms with van der Waals surface area (Å²) in [5, 5.41) is 7.39. The van der Waals surface area contributed by atoms with Crippen LogP contribution in [0.1, 0.15) is 16.1 Å². The molecule has 2 aromatic rings. The third-order valence-corrected chi connectivity index (χ3v) is 2.37. The number of hydrogen-bond donors (Lipinski definition) is 0. The fourth-order valence-corrected chi connectivity index (χ4v) is 1.45. The molecule has 0 unspecified atom stereocenters. The first-order chi connectivity index (χ1) is 8.20. The van der Waals surface area contributed by atoms with Crippen LogP contribution in [0.4, 0.5) is 0 Å². The van der Waals surface area contributed by atoms with Gasteiger partial charge in [-0.1, -0.05) is 11.3 Å². The zero-order chi connectivity index (χ0) is 12.3. The monoisotopic (exact) mass is 232 g/mol. The van der Waals surface area contributed by atoms with Crippen LogP contribution in [0.3, 0.4) is 0 Å². The molecule has 6 nitrogen and oxygen atoms in total. The van der Waals surface area contributed by atoms with Crippen LogP contribution in [0, 0.1) is 0 Å². The summed E-state index contributed by atoms with van der Waals surface area (Å²) < 4.78 is 6.40. The number of nitrogens with zero attached hydrogens (tertiary/aromatic N) is 4. The van der Waals surface area contributed by atoms with Gasteiger partial charge in [0, 0.05) is 25.7 Å². The number of ether oxygens (including phenoxy) is 1. The Bertz CT molecular complexity index is 519. The Hall–Kier alpha value is -2.24. The molecule has 2 rings (SSSR count). The minimum absolute atomic E-state index is 0.0375. The molecule has 0 bridgehead atoms. The van der Waals surface area contributed by atoms with Crippen molar-refractivity contribution in [2.75, 3.05) is 7.11 Å². The fraction of sp³-hybridized carbons (Fsp3) is 0.273. The number of Topliss-reactive ketones (excluding diaryl/α,β-unsaturated/α-hetero) is 1. The smallest absolute Gasteiger partial charge is 0.212 e. The predicted molar refractivity (Wildman–Crippen MR) is 59.8 cm³/mol. The highest BCUT2D eigenvalue weighted by Crippen LogP contribution is 2.09. The first-order valence-corrected chi connectivity index (χ1v) is 5.07. The molecule has 0 saturated carbocycles. The highest BCUT2D eigenvalue weighted by Gasteiger charge is 2.11. The summed E-state index contributed by atoms with van der Waals surface area (Å²) in [6, 6.07) is 3.54. The summed E-state index contributed by atoms with van der Waals surface area (Å²) in [6.45, 7) is 0. The maximum atomic E-state index is 11.9. The van der Waals surface area contributed by atoms with E-state index < -0.39 is 0 Å². The molecule has 0 N–H and O–H groups in total. The molecule has 0 aliphatic carbocycles. The molecule has 2 heterocycles. The normalized spacial score (nSPS) is 10.2. The number of methoxy groups -OCH3 is 1. The van der Waals surface area contributed by atoms with E-state index >= 15 is 0 Å². The summed E-state index contributed by atoms with van der Waals surface area (Å²) in [7, 11) is 3.24. The molecule has 0 aliphatic rings. The van der Waals surface area contributed by atoms with Crippen molar-refractivity contribution in [2.45, 2.75) is 6.42 Å². The maximum absolute atomic E-state index is 11.9. The Morgan fingerprint density at radius 1 is 1.41 bits per heavy atom. The van der Waals surface area contributed by atoms with Crippen molar-refractivity contribution < 1.29 is 9.53 Å². The van der Waals surface area contributed by atoms with Crippen LogP contribution in [-0.4, -0.2) is 32.9 Å². The zero-order valence-corrected chi connectivity index (χ0v) is 9.62. The Morgan fingerprint density at radius 3 is 2.76 bits per heavy atom. The second-order valence-electron chi connectivity index (χ2n) is 3.55. The van der Waals surface area contributed by atoms with E-state index in [4.69, 9.17) is 4.74 Å². The Kier molecular flexibility index (Phi) is 3.13. The van der Waals surface area contributed by atoms with Crippen LogP contribution < -0.4 is 4.74 Å². The van der Waals surface area contributed by atoms with E-state index in [1.165, 1.54) is 10.9 Å². The lowest BCUT2D eigenvalue weighted by Gasteiger charge is -2.02. The Labute approximate surface area is 98.2 Å². The van der Waals surface area contributed by atoms with Gasteiger partial charge in [0.2, 0.25) is 5.88 Å². The molecule has 6 heteroatoms. The van der Waals surface area contributed by atoms with Gasteiger partial charge in [-0.05, 0) is 5.56 Å². The largest absolute Gasteiger partial charge is 0.481 e. The lowest BCUT2D eigenvalue weighted by Crippen LogP contribution is -2.09.